The molecule has 0 spiro atoms. The maximum absolute atomic E-state index is 12.2. The predicted molar refractivity (Wildman–Crippen MR) is 74.1 cm³/mol. The summed E-state index contributed by atoms with van der Waals surface area (Å²) >= 11 is 0. The van der Waals surface area contributed by atoms with E-state index in [0.29, 0.717) is 10.9 Å². The Bertz CT molecular complexity index is 691. The number of aromatic amines is 1. The number of hydrogen-bond donors (Lipinski definition) is 4. The Labute approximate surface area is 119 Å². The summed E-state index contributed by atoms with van der Waals surface area (Å²) in [6.45, 7) is 0. The molecule has 0 bridgehead atoms. The van der Waals surface area contributed by atoms with E-state index in [2.05, 4.69) is 10.3 Å². The second kappa shape index (κ2) is 6.08. The number of nitrogens with one attached hydrogen (secondary N) is 2. The normalized spacial score (nSPS) is 12.0. The molecule has 7 heteroatoms. The fraction of sp³-hybridized carbons (Fsp3) is 0.214. The summed E-state index contributed by atoms with van der Waals surface area (Å²) in [5.74, 6) is -2.91. The van der Waals surface area contributed by atoms with Gasteiger partial charge in [-0.3, -0.25) is 9.59 Å². The molecule has 0 aliphatic heterocycles. The first-order valence-electron chi connectivity index (χ1n) is 6.30. The van der Waals surface area contributed by atoms with E-state index in [1.807, 2.05) is 0 Å². The van der Waals surface area contributed by atoms with Gasteiger partial charge in [0.05, 0.1) is 0 Å². The molecule has 0 radical (unpaired) electrons. The maximum atomic E-state index is 12.2. The molecule has 1 amide bonds. The molecule has 1 atom stereocenters. The second-order valence-electron chi connectivity index (χ2n) is 4.54. The molecule has 0 aliphatic rings. The Hall–Kier alpha value is -2.83. The summed E-state index contributed by atoms with van der Waals surface area (Å²) < 4.78 is 0. The van der Waals surface area contributed by atoms with Crippen LogP contribution in [0.2, 0.25) is 0 Å². The van der Waals surface area contributed by atoms with Gasteiger partial charge in [-0.05, 0) is 24.6 Å². The van der Waals surface area contributed by atoms with Crippen molar-refractivity contribution >= 4 is 28.7 Å². The van der Waals surface area contributed by atoms with Crippen molar-refractivity contribution in [2.45, 2.75) is 18.9 Å². The topological polar surface area (TPSA) is 119 Å². The molecule has 1 aromatic heterocycles. The number of H-pyrrole nitrogens is 1. The molecule has 0 aliphatic carbocycles. The van der Waals surface area contributed by atoms with Crippen LogP contribution in [0.25, 0.3) is 10.9 Å². The van der Waals surface area contributed by atoms with E-state index in [9.17, 15) is 14.4 Å². The summed E-state index contributed by atoms with van der Waals surface area (Å²) in [5, 5.41) is 20.7. The van der Waals surface area contributed by atoms with Gasteiger partial charge in [-0.25, -0.2) is 4.79 Å². The van der Waals surface area contributed by atoms with Gasteiger partial charge in [0.15, 0.2) is 0 Å². The van der Waals surface area contributed by atoms with Gasteiger partial charge in [-0.15, -0.1) is 0 Å². The van der Waals surface area contributed by atoms with Gasteiger partial charge >= 0.3 is 11.9 Å². The standard InChI is InChI=1S/C14H14N2O5/c17-12(18)5-4-11(14(20)21)16-13(19)9-2-1-3-10-8(9)6-7-15-10/h1-3,6-7,11,15H,4-5H2,(H,16,19)(H,17,18)(H,20,21). The van der Waals surface area contributed by atoms with Crippen molar-refractivity contribution in [3.8, 4) is 0 Å². The highest BCUT2D eigenvalue weighted by molar-refractivity contribution is 6.07. The minimum Gasteiger partial charge on any atom is -0.481 e. The fourth-order valence-corrected chi connectivity index (χ4v) is 2.04. The maximum Gasteiger partial charge on any atom is 0.326 e. The summed E-state index contributed by atoms with van der Waals surface area (Å²) in [4.78, 5) is 36.7. The number of benzene rings is 1. The zero-order chi connectivity index (χ0) is 15.4. The number of carboxylic acids is 2. The molecular weight excluding hydrogens is 276 g/mol. The van der Waals surface area contributed by atoms with Crippen molar-refractivity contribution in [1.82, 2.24) is 10.3 Å². The minimum absolute atomic E-state index is 0.167. The highest BCUT2D eigenvalue weighted by Gasteiger charge is 2.22. The van der Waals surface area contributed by atoms with Crippen molar-refractivity contribution in [1.29, 1.82) is 0 Å². The predicted octanol–water partition coefficient (Wildman–Crippen LogP) is 1.22. The number of carbonyl (C=O) groups excluding carboxylic acids is 1. The summed E-state index contributed by atoms with van der Waals surface area (Å²) in [6, 6.07) is 5.55. The van der Waals surface area contributed by atoms with Crippen molar-refractivity contribution in [3.05, 3.63) is 36.0 Å². The van der Waals surface area contributed by atoms with Crippen molar-refractivity contribution in [3.63, 3.8) is 0 Å². The fourth-order valence-electron chi connectivity index (χ4n) is 2.04. The quantitative estimate of drug-likeness (QED) is 0.637. The van der Waals surface area contributed by atoms with Crippen molar-refractivity contribution < 1.29 is 24.6 Å². The Morgan fingerprint density at radius 1 is 1.19 bits per heavy atom. The Kier molecular flexibility index (Phi) is 4.22. The molecular formula is C14H14N2O5. The number of aliphatic carboxylic acids is 2. The molecule has 2 aromatic rings. The molecule has 1 aromatic carbocycles. The first-order chi connectivity index (χ1) is 9.99. The average molecular weight is 290 g/mol. The van der Waals surface area contributed by atoms with Crippen molar-refractivity contribution in [2.75, 3.05) is 0 Å². The van der Waals surface area contributed by atoms with E-state index in [0.717, 1.165) is 5.52 Å². The third kappa shape index (κ3) is 3.38. The Morgan fingerprint density at radius 3 is 2.62 bits per heavy atom. The van der Waals surface area contributed by atoms with Gasteiger partial charge in [0.1, 0.15) is 6.04 Å². The van der Waals surface area contributed by atoms with Gasteiger partial charge in [0, 0.05) is 29.1 Å². The second-order valence-corrected chi connectivity index (χ2v) is 4.54. The van der Waals surface area contributed by atoms with E-state index >= 15 is 0 Å². The third-order valence-corrected chi connectivity index (χ3v) is 3.09. The lowest BCUT2D eigenvalue weighted by molar-refractivity contribution is -0.140. The van der Waals surface area contributed by atoms with Crippen LogP contribution in [-0.4, -0.2) is 39.1 Å². The number of amides is 1. The number of aromatic nitrogens is 1. The monoisotopic (exact) mass is 290 g/mol. The number of rotatable bonds is 6. The Balaban J connectivity index is 2.17. The molecule has 0 saturated heterocycles. The molecule has 0 fully saturated rings. The smallest absolute Gasteiger partial charge is 0.326 e. The molecule has 0 saturated carbocycles. The van der Waals surface area contributed by atoms with Gasteiger partial charge in [-0.1, -0.05) is 6.07 Å². The van der Waals surface area contributed by atoms with E-state index in [1.165, 1.54) is 0 Å². The van der Waals surface area contributed by atoms with Gasteiger partial charge in [0.2, 0.25) is 0 Å². The van der Waals surface area contributed by atoms with Crippen LogP contribution in [-0.2, 0) is 9.59 Å². The summed E-state index contributed by atoms with van der Waals surface area (Å²) in [5.41, 5.74) is 1.11. The van der Waals surface area contributed by atoms with E-state index in [4.69, 9.17) is 10.2 Å². The molecule has 4 N–H and O–H groups in total. The first kappa shape index (κ1) is 14.6. The molecule has 7 nitrogen and oxygen atoms in total. The lowest BCUT2D eigenvalue weighted by Crippen LogP contribution is -2.41. The lowest BCUT2D eigenvalue weighted by atomic mass is 10.1. The van der Waals surface area contributed by atoms with Gasteiger partial charge < -0.3 is 20.5 Å². The van der Waals surface area contributed by atoms with Crippen LogP contribution in [0, 0.1) is 0 Å². The Morgan fingerprint density at radius 2 is 1.95 bits per heavy atom. The molecule has 1 heterocycles. The zero-order valence-electron chi connectivity index (χ0n) is 11.0. The molecule has 2 rings (SSSR count). The first-order valence-corrected chi connectivity index (χ1v) is 6.30. The summed E-state index contributed by atoms with van der Waals surface area (Å²) in [6.07, 6.45) is 1.19. The van der Waals surface area contributed by atoms with Crippen LogP contribution in [0.4, 0.5) is 0 Å². The number of fused-ring (bicyclic) bond motifs is 1. The van der Waals surface area contributed by atoms with Crippen LogP contribution in [0.5, 0.6) is 0 Å². The SMILES string of the molecule is O=C(O)CCC(NC(=O)c1cccc2[nH]ccc12)C(=O)O. The minimum atomic E-state index is -1.26. The summed E-state index contributed by atoms with van der Waals surface area (Å²) in [7, 11) is 0. The van der Waals surface area contributed by atoms with Crippen LogP contribution >= 0.6 is 0 Å². The van der Waals surface area contributed by atoms with Crippen LogP contribution in [0.3, 0.4) is 0 Å². The number of carbonyl (C=O) groups is 3. The number of hydrogen-bond acceptors (Lipinski definition) is 3. The third-order valence-electron chi connectivity index (χ3n) is 3.09. The molecule has 110 valence electrons. The molecule has 21 heavy (non-hydrogen) atoms. The van der Waals surface area contributed by atoms with Gasteiger partial charge in [0.25, 0.3) is 5.91 Å². The largest absolute Gasteiger partial charge is 0.481 e. The highest BCUT2D eigenvalue weighted by atomic mass is 16.4. The molecule has 1 unspecified atom stereocenters. The van der Waals surface area contributed by atoms with E-state index < -0.39 is 23.9 Å². The van der Waals surface area contributed by atoms with Gasteiger partial charge in [-0.2, -0.15) is 0 Å². The van der Waals surface area contributed by atoms with Crippen LogP contribution < -0.4 is 5.32 Å². The van der Waals surface area contributed by atoms with E-state index in [1.54, 1.807) is 30.5 Å². The zero-order valence-corrected chi connectivity index (χ0v) is 11.0. The van der Waals surface area contributed by atoms with E-state index in [-0.39, 0.29) is 12.8 Å². The van der Waals surface area contributed by atoms with Crippen LogP contribution in [0.15, 0.2) is 30.5 Å². The van der Waals surface area contributed by atoms with Crippen molar-refractivity contribution in [2.24, 2.45) is 0 Å². The van der Waals surface area contributed by atoms with Crippen LogP contribution in [0.1, 0.15) is 23.2 Å². The average Bonchev–Trinajstić information content (AvgIpc) is 2.90. The lowest BCUT2D eigenvalue weighted by Gasteiger charge is -2.14. The number of carboxylic acid groups (broad SMARTS) is 2. The highest BCUT2D eigenvalue weighted by Crippen LogP contribution is 2.17.